The van der Waals surface area contributed by atoms with Crippen molar-refractivity contribution in [3.05, 3.63) is 57.5 Å². The van der Waals surface area contributed by atoms with Crippen LogP contribution in [0, 0.1) is 5.92 Å². The molecule has 3 heterocycles. The van der Waals surface area contributed by atoms with Gasteiger partial charge in [0, 0.05) is 30.8 Å². The molecule has 0 spiro atoms. The maximum Gasteiger partial charge on any atom is 0.275 e. The van der Waals surface area contributed by atoms with E-state index in [4.69, 9.17) is 0 Å². The smallest absolute Gasteiger partial charge is 0.275 e. The van der Waals surface area contributed by atoms with Crippen LogP contribution in [0.5, 0.6) is 0 Å². The first-order valence-corrected chi connectivity index (χ1v) is 12.5. The van der Waals surface area contributed by atoms with Gasteiger partial charge in [-0.2, -0.15) is 4.52 Å². The summed E-state index contributed by atoms with van der Waals surface area (Å²) in [6.45, 7) is 3.60. The maximum atomic E-state index is 13.0. The van der Waals surface area contributed by atoms with Gasteiger partial charge in [-0.3, -0.25) is 9.59 Å². The molecule has 1 fully saturated rings. The molecule has 1 saturated heterocycles. The van der Waals surface area contributed by atoms with Gasteiger partial charge in [0.1, 0.15) is 0 Å². The molecule has 0 bridgehead atoms. The van der Waals surface area contributed by atoms with Crippen LogP contribution in [0.2, 0.25) is 0 Å². The summed E-state index contributed by atoms with van der Waals surface area (Å²) in [5.41, 5.74) is 3.34. The summed E-state index contributed by atoms with van der Waals surface area (Å²) < 4.78 is 1.40. The van der Waals surface area contributed by atoms with E-state index in [1.54, 1.807) is 6.07 Å². The van der Waals surface area contributed by atoms with Crippen LogP contribution in [-0.4, -0.2) is 33.6 Å². The largest absolute Gasteiger partial charge is 0.349 e. The molecule has 5 rings (SSSR count). The molecule has 1 amide bonds. The Morgan fingerprint density at radius 3 is 2.84 bits per heavy atom. The highest BCUT2D eigenvalue weighted by atomic mass is 32.1. The Balaban J connectivity index is 1.23. The lowest BCUT2D eigenvalue weighted by molar-refractivity contribution is -0.126. The molecule has 1 atom stereocenters. The van der Waals surface area contributed by atoms with Crippen LogP contribution in [0.4, 0.5) is 5.13 Å². The minimum Gasteiger partial charge on any atom is -0.349 e. The molecule has 1 N–H and O–H groups in total. The van der Waals surface area contributed by atoms with Gasteiger partial charge >= 0.3 is 0 Å². The number of hydrogen-bond donors (Lipinski definition) is 1. The fraction of sp³-hybridized carbons (Fsp3) is 0.500. The van der Waals surface area contributed by atoms with Crippen LogP contribution < -0.4 is 15.8 Å². The zero-order chi connectivity index (χ0) is 22.1. The van der Waals surface area contributed by atoms with Crippen LogP contribution in [-0.2, 0) is 17.6 Å². The summed E-state index contributed by atoms with van der Waals surface area (Å²) in [6.07, 6.45) is 6.56. The van der Waals surface area contributed by atoms with Crippen LogP contribution >= 0.6 is 11.3 Å². The summed E-state index contributed by atoms with van der Waals surface area (Å²) in [5, 5.41) is 8.64. The van der Waals surface area contributed by atoms with Crippen LogP contribution in [0.3, 0.4) is 0 Å². The second-order valence-electron chi connectivity index (χ2n) is 8.83. The topological polar surface area (TPSA) is 79.6 Å². The van der Waals surface area contributed by atoms with Crippen LogP contribution in [0.25, 0.3) is 4.96 Å². The first kappa shape index (κ1) is 21.1. The summed E-state index contributed by atoms with van der Waals surface area (Å²) in [7, 11) is 0. The number of hydrogen-bond acceptors (Lipinski definition) is 6. The minimum atomic E-state index is -0.122. The second-order valence-corrected chi connectivity index (χ2v) is 9.76. The number of anilines is 1. The molecule has 2 aliphatic rings. The molecule has 2 aromatic heterocycles. The quantitative estimate of drug-likeness (QED) is 0.642. The Morgan fingerprint density at radius 1 is 1.22 bits per heavy atom. The number of amides is 1. The van der Waals surface area contributed by atoms with Gasteiger partial charge in [0.05, 0.1) is 6.04 Å². The number of nitrogens with zero attached hydrogens (tertiary/aromatic N) is 4. The normalized spacial score (nSPS) is 19.2. The van der Waals surface area contributed by atoms with Crippen molar-refractivity contribution in [1.82, 2.24) is 19.9 Å². The number of aryl methyl sites for hydroxylation is 2. The number of carbonyl (C=O) groups is 1. The van der Waals surface area contributed by atoms with Crippen LogP contribution in [0.15, 0.2) is 35.1 Å². The molecule has 0 saturated carbocycles. The average Bonchev–Trinajstić information content (AvgIpc) is 3.24. The van der Waals surface area contributed by atoms with Gasteiger partial charge in [-0.05, 0) is 49.7 Å². The van der Waals surface area contributed by atoms with E-state index < -0.39 is 0 Å². The predicted octanol–water partition coefficient (Wildman–Crippen LogP) is 3.51. The van der Waals surface area contributed by atoms with E-state index in [1.807, 2.05) is 0 Å². The van der Waals surface area contributed by atoms with Crippen molar-refractivity contribution in [3.63, 3.8) is 0 Å². The predicted molar refractivity (Wildman–Crippen MR) is 126 cm³/mol. The molecule has 32 heavy (non-hydrogen) atoms. The summed E-state index contributed by atoms with van der Waals surface area (Å²) in [4.78, 5) is 32.8. The number of nitrogens with one attached hydrogen (secondary N) is 1. The molecule has 1 aromatic carbocycles. The number of carbonyl (C=O) groups excluding carboxylic acids is 1. The van der Waals surface area contributed by atoms with E-state index in [0.29, 0.717) is 4.96 Å². The van der Waals surface area contributed by atoms with E-state index in [0.717, 1.165) is 68.9 Å². The standard InChI is InChI=1S/C24H29N5O2S/c1-2-6-18-15-21(30)29-23(25-18)32-24(27-29)28-13-11-17(12-14-28)22(31)26-20-10-5-8-16-7-3-4-9-19(16)20/h3-4,7,9,15,17,20H,2,5-6,8,10-14H2,1H3,(H,26,31)/t20-/m1/s1. The van der Waals surface area contributed by atoms with E-state index >= 15 is 0 Å². The van der Waals surface area contributed by atoms with E-state index in [-0.39, 0.29) is 23.4 Å². The third-order valence-electron chi connectivity index (χ3n) is 6.62. The fourth-order valence-corrected chi connectivity index (χ4v) is 5.86. The molecule has 8 heteroatoms. The van der Waals surface area contributed by atoms with Gasteiger partial charge < -0.3 is 10.2 Å². The molecule has 1 aliphatic heterocycles. The highest BCUT2D eigenvalue weighted by molar-refractivity contribution is 7.20. The number of aromatic nitrogens is 3. The molecule has 7 nitrogen and oxygen atoms in total. The van der Waals surface area contributed by atoms with Crippen molar-refractivity contribution in [3.8, 4) is 0 Å². The van der Waals surface area contributed by atoms with Gasteiger partial charge in [-0.25, -0.2) is 4.98 Å². The first-order chi connectivity index (χ1) is 15.6. The molecular formula is C24H29N5O2S. The lowest BCUT2D eigenvalue weighted by atomic mass is 9.87. The zero-order valence-electron chi connectivity index (χ0n) is 18.4. The lowest BCUT2D eigenvalue weighted by Gasteiger charge is -2.33. The average molecular weight is 452 g/mol. The highest BCUT2D eigenvalue weighted by Gasteiger charge is 2.29. The molecule has 3 aromatic rings. The van der Waals surface area contributed by atoms with Crippen LogP contribution in [0.1, 0.15) is 61.9 Å². The lowest BCUT2D eigenvalue weighted by Crippen LogP contribution is -2.42. The monoisotopic (exact) mass is 451 g/mol. The summed E-state index contributed by atoms with van der Waals surface area (Å²) in [6, 6.07) is 10.2. The third kappa shape index (κ3) is 4.16. The number of fused-ring (bicyclic) bond motifs is 2. The number of benzene rings is 1. The van der Waals surface area contributed by atoms with E-state index in [2.05, 4.69) is 51.5 Å². The Hall–Kier alpha value is -2.74. The van der Waals surface area contributed by atoms with Gasteiger partial charge in [0.25, 0.3) is 5.56 Å². The Kier molecular flexibility index (Phi) is 5.95. The van der Waals surface area contributed by atoms with E-state index in [1.165, 1.54) is 27.0 Å². The third-order valence-corrected chi connectivity index (χ3v) is 7.58. The number of piperidine rings is 1. The van der Waals surface area contributed by atoms with Crippen molar-refractivity contribution in [2.75, 3.05) is 18.0 Å². The van der Waals surface area contributed by atoms with Gasteiger partial charge in [0.15, 0.2) is 0 Å². The van der Waals surface area contributed by atoms with Gasteiger partial charge in [-0.15, -0.1) is 5.10 Å². The van der Waals surface area contributed by atoms with Gasteiger partial charge in [-0.1, -0.05) is 48.9 Å². The highest BCUT2D eigenvalue weighted by Crippen LogP contribution is 2.31. The molecule has 1 aliphatic carbocycles. The van der Waals surface area contributed by atoms with Crippen molar-refractivity contribution in [2.24, 2.45) is 5.92 Å². The molecule has 0 radical (unpaired) electrons. The van der Waals surface area contributed by atoms with E-state index in [9.17, 15) is 9.59 Å². The summed E-state index contributed by atoms with van der Waals surface area (Å²) in [5.74, 6) is 0.185. The summed E-state index contributed by atoms with van der Waals surface area (Å²) >= 11 is 1.45. The fourth-order valence-electron chi connectivity index (χ4n) is 4.88. The molecule has 0 unspecified atom stereocenters. The molecular weight excluding hydrogens is 422 g/mol. The minimum absolute atomic E-state index is 0.0201. The Bertz CT molecular complexity index is 1180. The number of rotatable bonds is 5. The zero-order valence-corrected chi connectivity index (χ0v) is 19.2. The van der Waals surface area contributed by atoms with Gasteiger partial charge in [0.2, 0.25) is 16.0 Å². The SMILES string of the molecule is CCCc1cc(=O)n2nc(N3CCC(C(=O)N[C@@H]4CCCc5ccccc54)CC3)sc2n1. The molecule has 168 valence electrons. The maximum absolute atomic E-state index is 13.0. The Morgan fingerprint density at radius 2 is 2.03 bits per heavy atom. The first-order valence-electron chi connectivity index (χ1n) is 11.7. The van der Waals surface area contributed by atoms with Crippen molar-refractivity contribution >= 4 is 27.3 Å². The van der Waals surface area contributed by atoms with Crippen molar-refractivity contribution < 1.29 is 4.79 Å². The Labute approximate surface area is 191 Å². The van der Waals surface area contributed by atoms with Crippen molar-refractivity contribution in [2.45, 2.75) is 57.9 Å². The van der Waals surface area contributed by atoms with Crippen molar-refractivity contribution in [1.29, 1.82) is 0 Å². The second kappa shape index (κ2) is 9.02.